The Balaban J connectivity index is 2.47. The lowest BCUT2D eigenvalue weighted by Crippen LogP contribution is -2.21. The van der Waals surface area contributed by atoms with Crippen LogP contribution in [0.1, 0.15) is 53.8 Å². The fourth-order valence-corrected chi connectivity index (χ4v) is 2.84. The maximum absolute atomic E-state index is 6.31. The maximum Gasteiger partial charge on any atom is 0.202 e. The number of aromatic nitrogens is 2. The van der Waals surface area contributed by atoms with E-state index in [0.29, 0.717) is 0 Å². The molecule has 0 amide bonds. The zero-order valence-corrected chi connectivity index (χ0v) is 13.7. The molecule has 1 atom stereocenters. The summed E-state index contributed by atoms with van der Waals surface area (Å²) in [5.41, 5.74) is 0.258. The summed E-state index contributed by atoms with van der Waals surface area (Å²) in [6.07, 6.45) is 0.979. The third-order valence-electron chi connectivity index (χ3n) is 2.41. The van der Waals surface area contributed by atoms with Crippen LogP contribution in [0.3, 0.4) is 0 Å². The van der Waals surface area contributed by atoms with Crippen LogP contribution in [-0.2, 0) is 5.41 Å². The summed E-state index contributed by atoms with van der Waals surface area (Å²) < 4.78 is 4.36. The fraction of sp³-hybridized carbons (Fsp3) is 0.846. The highest BCUT2D eigenvalue weighted by atomic mass is 35.5. The van der Waals surface area contributed by atoms with Crippen molar-refractivity contribution in [2.24, 2.45) is 5.41 Å². The zero-order chi connectivity index (χ0) is 14.0. The SMILES string of the molecule is CC(C)(C)CC(Cl)CNc1nc(C(C)(C)C)ns1. The molecule has 1 aromatic rings. The first-order chi connectivity index (χ1) is 8.08. The Labute approximate surface area is 120 Å². The molecule has 0 aliphatic rings. The molecule has 1 heterocycles. The van der Waals surface area contributed by atoms with E-state index in [1.807, 2.05) is 0 Å². The Hall–Kier alpha value is -0.350. The van der Waals surface area contributed by atoms with Crippen molar-refractivity contribution < 1.29 is 0 Å². The first-order valence-electron chi connectivity index (χ1n) is 6.30. The number of nitrogens with one attached hydrogen (secondary N) is 1. The minimum Gasteiger partial charge on any atom is -0.359 e. The van der Waals surface area contributed by atoms with E-state index in [1.165, 1.54) is 11.5 Å². The van der Waals surface area contributed by atoms with Gasteiger partial charge in [-0.15, -0.1) is 11.6 Å². The second-order valence-corrected chi connectivity index (χ2v) is 8.29. The van der Waals surface area contributed by atoms with Crippen molar-refractivity contribution in [2.75, 3.05) is 11.9 Å². The second kappa shape index (κ2) is 5.74. The molecule has 0 saturated heterocycles. The predicted octanol–water partition coefficient (Wildman–Crippen LogP) is 4.29. The van der Waals surface area contributed by atoms with E-state index < -0.39 is 0 Å². The molecule has 0 aliphatic carbocycles. The first-order valence-corrected chi connectivity index (χ1v) is 7.51. The van der Waals surface area contributed by atoms with Crippen LogP contribution in [0.2, 0.25) is 0 Å². The van der Waals surface area contributed by atoms with Gasteiger partial charge in [-0.3, -0.25) is 0 Å². The summed E-state index contributed by atoms with van der Waals surface area (Å²) in [7, 11) is 0. The first kappa shape index (κ1) is 15.7. The van der Waals surface area contributed by atoms with Gasteiger partial charge in [0.15, 0.2) is 0 Å². The zero-order valence-electron chi connectivity index (χ0n) is 12.2. The summed E-state index contributed by atoms with van der Waals surface area (Å²) in [5.74, 6) is 0.886. The van der Waals surface area contributed by atoms with Crippen molar-refractivity contribution >= 4 is 28.3 Å². The third-order valence-corrected chi connectivity index (χ3v) is 3.39. The lowest BCUT2D eigenvalue weighted by molar-refractivity contribution is 0.373. The van der Waals surface area contributed by atoms with Gasteiger partial charge in [0.25, 0.3) is 0 Å². The molecule has 104 valence electrons. The molecule has 3 nitrogen and oxygen atoms in total. The Kier molecular flexibility index (Phi) is 5.01. The van der Waals surface area contributed by atoms with E-state index in [0.717, 1.165) is 23.9 Å². The van der Waals surface area contributed by atoms with E-state index in [4.69, 9.17) is 11.6 Å². The molecule has 18 heavy (non-hydrogen) atoms. The van der Waals surface area contributed by atoms with Crippen molar-refractivity contribution in [3.05, 3.63) is 5.82 Å². The topological polar surface area (TPSA) is 37.8 Å². The average molecular weight is 290 g/mol. The van der Waals surface area contributed by atoms with Gasteiger partial charge in [0.2, 0.25) is 5.13 Å². The standard InChI is InChI=1S/C13H24ClN3S/c1-12(2,3)7-9(14)8-15-11-16-10(17-18-11)13(4,5)6/h9H,7-8H2,1-6H3,(H,15,16,17). The molecule has 5 heteroatoms. The molecule has 1 aromatic heterocycles. The summed E-state index contributed by atoms with van der Waals surface area (Å²) in [4.78, 5) is 4.49. The van der Waals surface area contributed by atoms with E-state index in [9.17, 15) is 0 Å². The molecule has 0 saturated carbocycles. The number of hydrogen-bond acceptors (Lipinski definition) is 4. The largest absolute Gasteiger partial charge is 0.359 e. The fourth-order valence-electron chi connectivity index (χ4n) is 1.53. The van der Waals surface area contributed by atoms with E-state index in [2.05, 4.69) is 56.2 Å². The van der Waals surface area contributed by atoms with Crippen molar-refractivity contribution in [2.45, 2.75) is 58.8 Å². The number of hydrogen-bond donors (Lipinski definition) is 1. The highest BCUT2D eigenvalue weighted by Gasteiger charge is 2.20. The maximum atomic E-state index is 6.31. The van der Waals surface area contributed by atoms with E-state index in [1.54, 1.807) is 0 Å². The van der Waals surface area contributed by atoms with Crippen molar-refractivity contribution in [3.63, 3.8) is 0 Å². The minimum atomic E-state index is 0.00219. The number of alkyl halides is 1. The Morgan fingerprint density at radius 1 is 1.22 bits per heavy atom. The van der Waals surface area contributed by atoms with E-state index in [-0.39, 0.29) is 16.2 Å². The van der Waals surface area contributed by atoms with Crippen LogP contribution >= 0.6 is 23.1 Å². The molecule has 1 unspecified atom stereocenters. The van der Waals surface area contributed by atoms with Gasteiger partial charge in [-0.1, -0.05) is 41.5 Å². The molecule has 0 bridgehead atoms. The average Bonchev–Trinajstić information content (AvgIpc) is 2.59. The molecule has 0 spiro atoms. The number of halogens is 1. The summed E-state index contributed by atoms with van der Waals surface area (Å²) in [6.45, 7) is 13.7. The highest BCUT2D eigenvalue weighted by Crippen LogP contribution is 2.25. The summed E-state index contributed by atoms with van der Waals surface area (Å²) in [6, 6.07) is 0. The van der Waals surface area contributed by atoms with E-state index >= 15 is 0 Å². The molecule has 1 rings (SSSR count). The number of rotatable bonds is 4. The van der Waals surface area contributed by atoms with Gasteiger partial charge in [0.05, 0.1) is 5.38 Å². The van der Waals surface area contributed by atoms with Gasteiger partial charge >= 0.3 is 0 Å². The molecular formula is C13H24ClN3S. The smallest absolute Gasteiger partial charge is 0.202 e. The van der Waals surface area contributed by atoms with Crippen molar-refractivity contribution in [1.82, 2.24) is 9.36 Å². The molecule has 0 fully saturated rings. The molecule has 0 aliphatic heterocycles. The van der Waals surface area contributed by atoms with Gasteiger partial charge in [0, 0.05) is 23.5 Å². The van der Waals surface area contributed by atoms with Crippen LogP contribution in [0.5, 0.6) is 0 Å². The van der Waals surface area contributed by atoms with Crippen LogP contribution in [0.4, 0.5) is 5.13 Å². The minimum absolute atomic E-state index is 0.00219. The van der Waals surface area contributed by atoms with Gasteiger partial charge in [-0.25, -0.2) is 4.98 Å². The molecule has 1 N–H and O–H groups in total. The third kappa shape index (κ3) is 5.53. The monoisotopic (exact) mass is 289 g/mol. The lowest BCUT2D eigenvalue weighted by atomic mass is 9.90. The highest BCUT2D eigenvalue weighted by molar-refractivity contribution is 7.09. The molecular weight excluding hydrogens is 266 g/mol. The predicted molar refractivity (Wildman–Crippen MR) is 80.8 cm³/mol. The normalized spacial score (nSPS) is 14.6. The summed E-state index contributed by atoms with van der Waals surface area (Å²) in [5, 5.41) is 4.25. The van der Waals surface area contributed by atoms with Crippen LogP contribution in [0.25, 0.3) is 0 Å². The number of anilines is 1. The number of nitrogens with zero attached hydrogens (tertiary/aromatic N) is 2. The van der Waals surface area contributed by atoms with Crippen molar-refractivity contribution in [1.29, 1.82) is 0 Å². The molecule has 0 radical (unpaired) electrons. The Bertz CT molecular complexity index is 376. The van der Waals surface area contributed by atoms with Gasteiger partial charge < -0.3 is 5.32 Å². The van der Waals surface area contributed by atoms with Crippen LogP contribution < -0.4 is 5.32 Å². The Morgan fingerprint density at radius 2 is 1.83 bits per heavy atom. The summed E-state index contributed by atoms with van der Waals surface area (Å²) >= 11 is 7.71. The van der Waals surface area contributed by atoms with Gasteiger partial charge in [-0.2, -0.15) is 4.37 Å². The van der Waals surface area contributed by atoms with Gasteiger partial charge in [0.1, 0.15) is 5.82 Å². The van der Waals surface area contributed by atoms with Crippen molar-refractivity contribution in [3.8, 4) is 0 Å². The Morgan fingerprint density at radius 3 is 2.28 bits per heavy atom. The van der Waals surface area contributed by atoms with Crippen LogP contribution in [-0.4, -0.2) is 21.3 Å². The lowest BCUT2D eigenvalue weighted by Gasteiger charge is -2.21. The molecule has 0 aromatic carbocycles. The second-order valence-electron chi connectivity index (χ2n) is 6.92. The van der Waals surface area contributed by atoms with Crippen LogP contribution in [0.15, 0.2) is 0 Å². The quantitative estimate of drug-likeness (QED) is 0.840. The van der Waals surface area contributed by atoms with Crippen LogP contribution in [0, 0.1) is 5.41 Å². The van der Waals surface area contributed by atoms with Gasteiger partial charge in [-0.05, 0) is 11.8 Å².